The molecule has 0 spiro atoms. The fraction of sp³-hybridized carbons (Fsp3) is 0.0625. The molecule has 0 unspecified atom stereocenters. The molecule has 0 saturated heterocycles. The minimum Gasteiger partial charge on any atom is -0.504 e. The quantitative estimate of drug-likeness (QED) is 0.651. The van der Waals surface area contributed by atoms with Crippen LogP contribution < -0.4 is 4.74 Å². The van der Waals surface area contributed by atoms with E-state index in [4.69, 9.17) is 4.74 Å². The molecule has 0 radical (unpaired) electrons. The topological polar surface area (TPSA) is 62.6 Å². The van der Waals surface area contributed by atoms with Crippen LogP contribution in [0.1, 0.15) is 0 Å². The highest BCUT2D eigenvalue weighted by atomic mass is 79.9. The minimum atomic E-state index is -0.160. The SMILES string of the molecule is COc1ccc(Br)cc1-c1nc(-c2ccc(O)c(O)c2)cs1. The molecule has 0 amide bonds. The lowest BCUT2D eigenvalue weighted by atomic mass is 10.1. The molecular weight excluding hydrogens is 366 g/mol. The van der Waals surface area contributed by atoms with E-state index in [0.717, 1.165) is 32.1 Å². The van der Waals surface area contributed by atoms with Crippen molar-refractivity contribution in [2.75, 3.05) is 7.11 Å². The molecule has 0 bridgehead atoms. The monoisotopic (exact) mass is 377 g/mol. The third-order valence-corrected chi connectivity index (χ3v) is 4.54. The maximum absolute atomic E-state index is 9.60. The Balaban J connectivity index is 2.04. The van der Waals surface area contributed by atoms with Gasteiger partial charge in [-0.05, 0) is 36.4 Å². The first kappa shape index (κ1) is 14.9. The number of phenols is 2. The average molecular weight is 378 g/mol. The number of hydrogen-bond acceptors (Lipinski definition) is 5. The van der Waals surface area contributed by atoms with Crippen LogP contribution in [-0.4, -0.2) is 22.3 Å². The molecule has 3 aromatic rings. The fourth-order valence-electron chi connectivity index (χ4n) is 2.06. The van der Waals surface area contributed by atoms with Crippen LogP contribution in [0.2, 0.25) is 0 Å². The molecule has 0 saturated carbocycles. The molecule has 6 heteroatoms. The largest absolute Gasteiger partial charge is 0.504 e. The second kappa shape index (κ2) is 5.98. The van der Waals surface area contributed by atoms with E-state index in [9.17, 15) is 10.2 Å². The van der Waals surface area contributed by atoms with Crippen molar-refractivity contribution in [3.05, 3.63) is 46.3 Å². The van der Waals surface area contributed by atoms with E-state index < -0.39 is 0 Å². The Kier molecular flexibility index (Phi) is 4.04. The molecule has 112 valence electrons. The molecule has 2 aromatic carbocycles. The van der Waals surface area contributed by atoms with Gasteiger partial charge in [0.25, 0.3) is 0 Å². The van der Waals surface area contributed by atoms with Gasteiger partial charge >= 0.3 is 0 Å². The number of aromatic nitrogens is 1. The van der Waals surface area contributed by atoms with Gasteiger partial charge in [0.1, 0.15) is 10.8 Å². The third kappa shape index (κ3) is 2.80. The Bertz CT molecular complexity index is 832. The number of phenolic OH excluding ortho intramolecular Hbond substituents is 2. The van der Waals surface area contributed by atoms with E-state index in [0.29, 0.717) is 0 Å². The van der Waals surface area contributed by atoms with Gasteiger partial charge in [0.15, 0.2) is 11.5 Å². The van der Waals surface area contributed by atoms with Crippen molar-refractivity contribution >= 4 is 27.3 Å². The zero-order valence-corrected chi connectivity index (χ0v) is 14.0. The number of hydrogen-bond donors (Lipinski definition) is 2. The molecule has 0 aliphatic heterocycles. The van der Waals surface area contributed by atoms with Gasteiger partial charge in [0, 0.05) is 15.4 Å². The number of nitrogens with zero attached hydrogens (tertiary/aromatic N) is 1. The van der Waals surface area contributed by atoms with Crippen molar-refractivity contribution in [1.29, 1.82) is 0 Å². The Morgan fingerprint density at radius 1 is 1.09 bits per heavy atom. The number of methoxy groups -OCH3 is 1. The molecule has 22 heavy (non-hydrogen) atoms. The Morgan fingerprint density at radius 2 is 1.91 bits per heavy atom. The van der Waals surface area contributed by atoms with Crippen molar-refractivity contribution in [3.8, 4) is 39.1 Å². The molecule has 2 N–H and O–H groups in total. The van der Waals surface area contributed by atoms with Gasteiger partial charge in [0.05, 0.1) is 18.4 Å². The second-order valence-corrected chi connectivity index (χ2v) is 6.36. The minimum absolute atomic E-state index is 0.145. The van der Waals surface area contributed by atoms with Crippen LogP contribution >= 0.6 is 27.3 Å². The molecule has 3 rings (SSSR count). The van der Waals surface area contributed by atoms with Crippen LogP contribution in [0.3, 0.4) is 0 Å². The summed E-state index contributed by atoms with van der Waals surface area (Å²) < 4.78 is 6.32. The summed E-state index contributed by atoms with van der Waals surface area (Å²) in [5, 5.41) is 21.7. The third-order valence-electron chi connectivity index (χ3n) is 3.17. The van der Waals surface area contributed by atoms with Crippen molar-refractivity contribution < 1.29 is 14.9 Å². The van der Waals surface area contributed by atoms with Gasteiger partial charge in [-0.15, -0.1) is 11.3 Å². The van der Waals surface area contributed by atoms with Crippen LogP contribution in [-0.2, 0) is 0 Å². The molecule has 1 aromatic heterocycles. The highest BCUT2D eigenvalue weighted by Gasteiger charge is 2.13. The first-order chi connectivity index (χ1) is 10.6. The second-order valence-electron chi connectivity index (χ2n) is 4.59. The van der Waals surface area contributed by atoms with E-state index in [-0.39, 0.29) is 11.5 Å². The highest BCUT2D eigenvalue weighted by Crippen LogP contribution is 2.37. The number of benzene rings is 2. The first-order valence-electron chi connectivity index (χ1n) is 6.40. The molecule has 0 aliphatic carbocycles. The molecular formula is C16H12BrNO3S. The molecule has 1 heterocycles. The molecule has 4 nitrogen and oxygen atoms in total. The average Bonchev–Trinajstić information content (AvgIpc) is 3.00. The van der Waals surface area contributed by atoms with Crippen molar-refractivity contribution in [3.63, 3.8) is 0 Å². The van der Waals surface area contributed by atoms with E-state index in [1.165, 1.54) is 23.5 Å². The fourth-order valence-corrected chi connectivity index (χ4v) is 3.27. The Morgan fingerprint density at radius 3 is 2.64 bits per heavy atom. The number of halogens is 1. The standard InChI is InChI=1S/C16H12BrNO3S/c1-21-15-5-3-10(17)7-11(15)16-18-12(8-22-16)9-2-4-13(19)14(20)6-9/h2-8,19-20H,1H3. The van der Waals surface area contributed by atoms with Crippen LogP contribution in [0.25, 0.3) is 21.8 Å². The summed E-state index contributed by atoms with van der Waals surface area (Å²) in [7, 11) is 1.62. The molecule has 0 atom stereocenters. The van der Waals surface area contributed by atoms with Gasteiger partial charge in [-0.3, -0.25) is 0 Å². The summed E-state index contributed by atoms with van der Waals surface area (Å²) in [6.45, 7) is 0. The number of aromatic hydroxyl groups is 2. The van der Waals surface area contributed by atoms with Gasteiger partial charge < -0.3 is 14.9 Å². The maximum atomic E-state index is 9.60. The number of thiazole rings is 1. The van der Waals surface area contributed by atoms with Gasteiger partial charge in [0.2, 0.25) is 0 Å². The first-order valence-corrected chi connectivity index (χ1v) is 8.07. The summed E-state index contributed by atoms with van der Waals surface area (Å²) in [5.74, 6) is 0.442. The van der Waals surface area contributed by atoms with Gasteiger partial charge in [-0.2, -0.15) is 0 Å². The summed E-state index contributed by atoms with van der Waals surface area (Å²) in [6, 6.07) is 10.4. The number of rotatable bonds is 3. The smallest absolute Gasteiger partial charge is 0.158 e. The normalized spacial score (nSPS) is 10.6. The summed E-state index contributed by atoms with van der Waals surface area (Å²) in [6.07, 6.45) is 0. The van der Waals surface area contributed by atoms with Crippen LogP contribution in [0.4, 0.5) is 0 Å². The van der Waals surface area contributed by atoms with Crippen LogP contribution in [0.15, 0.2) is 46.3 Å². The zero-order chi connectivity index (χ0) is 15.7. The lowest BCUT2D eigenvalue weighted by molar-refractivity contribution is 0.404. The lowest BCUT2D eigenvalue weighted by Crippen LogP contribution is -1.87. The Hall–Kier alpha value is -2.05. The predicted octanol–water partition coefficient (Wildman–Crippen LogP) is 4.66. The van der Waals surface area contributed by atoms with Crippen LogP contribution in [0.5, 0.6) is 17.2 Å². The van der Waals surface area contributed by atoms with Crippen molar-refractivity contribution in [2.24, 2.45) is 0 Å². The van der Waals surface area contributed by atoms with Crippen molar-refractivity contribution in [1.82, 2.24) is 4.98 Å². The highest BCUT2D eigenvalue weighted by molar-refractivity contribution is 9.10. The van der Waals surface area contributed by atoms with E-state index in [1.807, 2.05) is 23.6 Å². The molecule has 0 fully saturated rings. The van der Waals surface area contributed by atoms with Crippen LogP contribution in [0, 0.1) is 0 Å². The predicted molar refractivity (Wildman–Crippen MR) is 90.6 cm³/mol. The summed E-state index contributed by atoms with van der Waals surface area (Å²) in [5.41, 5.74) is 2.38. The lowest BCUT2D eigenvalue weighted by Gasteiger charge is -2.06. The summed E-state index contributed by atoms with van der Waals surface area (Å²) in [4.78, 5) is 4.60. The Labute approximate surface area is 139 Å². The van der Waals surface area contributed by atoms with Crippen molar-refractivity contribution in [2.45, 2.75) is 0 Å². The van der Waals surface area contributed by atoms with Gasteiger partial charge in [-0.1, -0.05) is 15.9 Å². The zero-order valence-electron chi connectivity index (χ0n) is 11.6. The summed E-state index contributed by atoms with van der Waals surface area (Å²) >= 11 is 4.94. The number of ether oxygens (including phenoxy) is 1. The van der Waals surface area contributed by atoms with E-state index in [1.54, 1.807) is 13.2 Å². The maximum Gasteiger partial charge on any atom is 0.158 e. The van der Waals surface area contributed by atoms with E-state index >= 15 is 0 Å². The van der Waals surface area contributed by atoms with Gasteiger partial charge in [-0.25, -0.2) is 4.98 Å². The van der Waals surface area contributed by atoms with E-state index in [2.05, 4.69) is 20.9 Å². The molecule has 0 aliphatic rings.